The quantitative estimate of drug-likeness (QED) is 0.614. The highest BCUT2D eigenvalue weighted by Gasteiger charge is 2.08. The molecule has 96 valence electrons. The Morgan fingerprint density at radius 1 is 1.53 bits per heavy atom. The zero-order valence-electron chi connectivity index (χ0n) is 9.26. The second kappa shape index (κ2) is 6.10. The van der Waals surface area contributed by atoms with Crippen molar-refractivity contribution in [3.63, 3.8) is 0 Å². The molecule has 0 atom stereocenters. The zero-order chi connectivity index (χ0) is 12.9. The fourth-order valence-electron chi connectivity index (χ4n) is 1.11. The van der Waals surface area contributed by atoms with E-state index in [1.807, 2.05) is 0 Å². The normalized spacial score (nSPS) is 11.6. The SMILES string of the molecule is CNS(=O)(=O)CCNCc1cc(C(=O)O)cs1. The van der Waals surface area contributed by atoms with Crippen LogP contribution in [0.2, 0.25) is 0 Å². The highest BCUT2D eigenvalue weighted by atomic mass is 32.2. The fraction of sp³-hybridized carbons (Fsp3) is 0.444. The molecule has 0 radical (unpaired) electrons. The summed E-state index contributed by atoms with van der Waals surface area (Å²) in [5.74, 6) is -0.953. The van der Waals surface area contributed by atoms with Crippen molar-refractivity contribution in [2.45, 2.75) is 6.54 Å². The Hall–Kier alpha value is -0.960. The van der Waals surface area contributed by atoms with Crippen LogP contribution in [0.25, 0.3) is 0 Å². The Morgan fingerprint density at radius 2 is 2.24 bits per heavy atom. The second-order valence-corrected chi connectivity index (χ2v) is 6.35. The predicted molar refractivity (Wildman–Crippen MR) is 65.8 cm³/mol. The summed E-state index contributed by atoms with van der Waals surface area (Å²) in [5, 5.41) is 13.2. The van der Waals surface area contributed by atoms with Crippen LogP contribution >= 0.6 is 11.3 Å². The Bertz CT molecular complexity index is 481. The Labute approximate surface area is 104 Å². The van der Waals surface area contributed by atoms with Crippen LogP contribution in [0.3, 0.4) is 0 Å². The Kier molecular flexibility index (Phi) is 5.06. The number of nitrogens with one attached hydrogen (secondary N) is 2. The molecule has 1 aromatic rings. The third kappa shape index (κ3) is 4.82. The van der Waals surface area contributed by atoms with Crippen LogP contribution in [0.5, 0.6) is 0 Å². The highest BCUT2D eigenvalue weighted by Crippen LogP contribution is 2.14. The Morgan fingerprint density at radius 3 is 2.76 bits per heavy atom. The van der Waals surface area contributed by atoms with Crippen molar-refractivity contribution in [3.05, 3.63) is 21.9 Å². The van der Waals surface area contributed by atoms with E-state index in [9.17, 15) is 13.2 Å². The molecule has 1 rings (SSSR count). The number of rotatable bonds is 7. The van der Waals surface area contributed by atoms with Crippen molar-refractivity contribution in [2.75, 3.05) is 19.3 Å². The van der Waals surface area contributed by atoms with E-state index in [4.69, 9.17) is 5.11 Å². The number of carboxylic acid groups (broad SMARTS) is 1. The van der Waals surface area contributed by atoms with Crippen molar-refractivity contribution in [1.29, 1.82) is 0 Å². The second-order valence-electron chi connectivity index (χ2n) is 3.31. The number of carboxylic acids is 1. The van der Waals surface area contributed by atoms with Crippen LogP contribution in [0, 0.1) is 0 Å². The van der Waals surface area contributed by atoms with Crippen LogP contribution in [0.1, 0.15) is 15.2 Å². The van der Waals surface area contributed by atoms with E-state index in [-0.39, 0.29) is 11.3 Å². The maximum absolute atomic E-state index is 11.1. The molecule has 17 heavy (non-hydrogen) atoms. The lowest BCUT2D eigenvalue weighted by Gasteiger charge is -2.03. The number of sulfonamides is 1. The molecule has 0 aliphatic carbocycles. The summed E-state index contributed by atoms with van der Waals surface area (Å²) >= 11 is 1.33. The molecule has 0 saturated carbocycles. The minimum Gasteiger partial charge on any atom is -0.478 e. The first-order valence-corrected chi connectivity index (χ1v) is 7.40. The Balaban J connectivity index is 2.34. The molecule has 0 aliphatic heterocycles. The molecule has 8 heteroatoms. The van der Waals surface area contributed by atoms with Gasteiger partial charge in [0.2, 0.25) is 10.0 Å². The van der Waals surface area contributed by atoms with E-state index in [0.717, 1.165) is 4.88 Å². The summed E-state index contributed by atoms with van der Waals surface area (Å²) in [5.41, 5.74) is 0.259. The molecular weight excluding hydrogens is 264 g/mol. The van der Waals surface area contributed by atoms with Gasteiger partial charge in [-0.3, -0.25) is 0 Å². The van der Waals surface area contributed by atoms with Gasteiger partial charge in [-0.25, -0.2) is 17.9 Å². The number of hydrogen-bond acceptors (Lipinski definition) is 5. The van der Waals surface area contributed by atoms with Gasteiger partial charge in [-0.15, -0.1) is 11.3 Å². The van der Waals surface area contributed by atoms with Crippen molar-refractivity contribution in [1.82, 2.24) is 10.0 Å². The summed E-state index contributed by atoms with van der Waals surface area (Å²) in [7, 11) is -1.82. The zero-order valence-corrected chi connectivity index (χ0v) is 10.9. The molecule has 0 bridgehead atoms. The van der Waals surface area contributed by atoms with Gasteiger partial charge >= 0.3 is 5.97 Å². The van der Waals surface area contributed by atoms with Gasteiger partial charge in [0.15, 0.2) is 0 Å². The molecule has 6 nitrogen and oxygen atoms in total. The van der Waals surface area contributed by atoms with E-state index in [1.54, 1.807) is 11.4 Å². The molecule has 1 heterocycles. The number of carbonyl (C=O) groups is 1. The van der Waals surface area contributed by atoms with E-state index in [0.29, 0.717) is 13.1 Å². The van der Waals surface area contributed by atoms with Gasteiger partial charge in [-0.05, 0) is 13.1 Å². The molecule has 0 spiro atoms. The van der Waals surface area contributed by atoms with Crippen LogP contribution in [0.4, 0.5) is 0 Å². The predicted octanol–water partition coefficient (Wildman–Crippen LogP) is 0.0851. The van der Waals surface area contributed by atoms with Crippen molar-refractivity contribution >= 4 is 27.3 Å². The van der Waals surface area contributed by atoms with Crippen LogP contribution in [0.15, 0.2) is 11.4 Å². The van der Waals surface area contributed by atoms with Gasteiger partial charge in [-0.1, -0.05) is 0 Å². The van der Waals surface area contributed by atoms with Gasteiger partial charge < -0.3 is 10.4 Å². The van der Waals surface area contributed by atoms with Crippen LogP contribution in [-0.2, 0) is 16.6 Å². The lowest BCUT2D eigenvalue weighted by Crippen LogP contribution is -2.29. The van der Waals surface area contributed by atoms with E-state index < -0.39 is 16.0 Å². The average Bonchev–Trinajstić information content (AvgIpc) is 2.73. The summed E-state index contributed by atoms with van der Waals surface area (Å²) in [6, 6.07) is 1.58. The number of hydrogen-bond donors (Lipinski definition) is 3. The van der Waals surface area contributed by atoms with Gasteiger partial charge in [0.05, 0.1) is 11.3 Å². The van der Waals surface area contributed by atoms with Crippen LogP contribution in [-0.4, -0.2) is 38.8 Å². The molecule has 0 fully saturated rings. The fourth-order valence-corrected chi connectivity index (χ4v) is 2.55. The summed E-state index contributed by atoms with van der Waals surface area (Å²) in [6.45, 7) is 0.792. The maximum atomic E-state index is 11.1. The molecular formula is C9H14N2O4S2. The molecule has 0 unspecified atom stereocenters. The molecule has 1 aromatic heterocycles. The number of aromatic carboxylic acids is 1. The molecule has 3 N–H and O–H groups in total. The smallest absolute Gasteiger partial charge is 0.336 e. The first kappa shape index (κ1) is 14.1. The van der Waals surface area contributed by atoms with Crippen molar-refractivity contribution < 1.29 is 18.3 Å². The first-order valence-electron chi connectivity index (χ1n) is 4.87. The van der Waals surface area contributed by atoms with E-state index >= 15 is 0 Å². The van der Waals surface area contributed by atoms with Gasteiger partial charge in [-0.2, -0.15) is 0 Å². The summed E-state index contributed by atoms with van der Waals surface area (Å²) in [4.78, 5) is 11.5. The molecule has 0 amide bonds. The minimum absolute atomic E-state index is 0.000658. The van der Waals surface area contributed by atoms with E-state index in [2.05, 4.69) is 10.0 Å². The van der Waals surface area contributed by atoms with Crippen LogP contribution < -0.4 is 10.0 Å². The topological polar surface area (TPSA) is 95.5 Å². The van der Waals surface area contributed by atoms with E-state index in [1.165, 1.54) is 18.4 Å². The molecule has 0 aromatic carbocycles. The molecule has 0 saturated heterocycles. The largest absolute Gasteiger partial charge is 0.478 e. The maximum Gasteiger partial charge on any atom is 0.336 e. The number of thiophene rings is 1. The standard InChI is InChI=1S/C9H14N2O4S2/c1-10-17(14,15)3-2-11-5-8-4-7(6-16-8)9(12)13/h4,6,10-11H,2-3,5H2,1H3,(H,12,13). The summed E-state index contributed by atoms with van der Waals surface area (Å²) < 4.78 is 24.4. The third-order valence-electron chi connectivity index (χ3n) is 2.06. The van der Waals surface area contributed by atoms with Crippen molar-refractivity contribution in [3.8, 4) is 0 Å². The minimum atomic E-state index is -3.19. The lowest BCUT2D eigenvalue weighted by molar-refractivity contribution is 0.0697. The summed E-state index contributed by atoms with van der Waals surface area (Å²) in [6.07, 6.45) is 0. The monoisotopic (exact) mass is 278 g/mol. The highest BCUT2D eigenvalue weighted by molar-refractivity contribution is 7.89. The first-order chi connectivity index (χ1) is 7.94. The molecule has 0 aliphatic rings. The average molecular weight is 278 g/mol. The van der Waals surface area contributed by atoms with Gasteiger partial charge in [0, 0.05) is 23.3 Å². The van der Waals surface area contributed by atoms with Gasteiger partial charge in [0.25, 0.3) is 0 Å². The van der Waals surface area contributed by atoms with Gasteiger partial charge in [0.1, 0.15) is 0 Å². The lowest BCUT2D eigenvalue weighted by atomic mass is 10.3. The third-order valence-corrected chi connectivity index (χ3v) is 4.36. The van der Waals surface area contributed by atoms with Crippen molar-refractivity contribution in [2.24, 2.45) is 0 Å².